The molecule has 1 fully saturated rings. The van der Waals surface area contributed by atoms with Crippen molar-refractivity contribution < 1.29 is 9.47 Å². The summed E-state index contributed by atoms with van der Waals surface area (Å²) >= 11 is 1.85. The first kappa shape index (κ1) is 24.4. The average molecular weight is 512 g/mol. The lowest BCUT2D eigenvalue weighted by Gasteiger charge is -2.36. The van der Waals surface area contributed by atoms with Crippen LogP contribution >= 0.6 is 35.7 Å². The number of nitrogens with zero attached hydrogens (tertiary/aromatic N) is 4. The minimum Gasteiger partial charge on any atom is -0.381 e. The molecule has 0 atom stereocenters. The van der Waals surface area contributed by atoms with Gasteiger partial charge in [0.2, 0.25) is 0 Å². The molecule has 2 heterocycles. The normalized spacial score (nSPS) is 16.7. The second kappa shape index (κ2) is 12.8. The van der Waals surface area contributed by atoms with E-state index in [1.807, 2.05) is 30.3 Å². The Bertz CT molecular complexity index is 578. The Labute approximate surface area is 183 Å². The maximum Gasteiger partial charge on any atom is 0.191 e. The van der Waals surface area contributed by atoms with Crippen LogP contribution < -0.4 is 10.6 Å². The van der Waals surface area contributed by atoms with Gasteiger partial charge in [-0.05, 0) is 25.4 Å². The number of rotatable bonds is 9. The Morgan fingerprint density at radius 3 is 2.67 bits per heavy atom. The number of thioether (sulfide) groups is 1. The first-order chi connectivity index (χ1) is 12.6. The highest BCUT2D eigenvalue weighted by Gasteiger charge is 2.32. The maximum absolute atomic E-state index is 5.80. The molecule has 0 saturated carbocycles. The largest absolute Gasteiger partial charge is 0.381 e. The molecule has 1 aromatic heterocycles. The molecule has 1 saturated heterocycles. The maximum atomic E-state index is 5.80. The molecule has 156 valence electrons. The number of ether oxygens (including phenoxy) is 2. The molecule has 1 aliphatic heterocycles. The summed E-state index contributed by atoms with van der Waals surface area (Å²) in [5.41, 5.74) is -0.193. The highest BCUT2D eigenvalue weighted by Crippen LogP contribution is 2.23. The molecular formula is C17H33IN6O2S. The zero-order valence-electron chi connectivity index (χ0n) is 16.8. The van der Waals surface area contributed by atoms with Crippen LogP contribution in [0.25, 0.3) is 0 Å². The van der Waals surface area contributed by atoms with Crippen LogP contribution in [0.4, 0.5) is 0 Å². The van der Waals surface area contributed by atoms with Gasteiger partial charge in [-0.15, -0.1) is 34.2 Å². The van der Waals surface area contributed by atoms with Crippen molar-refractivity contribution in [1.29, 1.82) is 0 Å². The van der Waals surface area contributed by atoms with Gasteiger partial charge in [0, 0.05) is 53.3 Å². The van der Waals surface area contributed by atoms with Gasteiger partial charge < -0.3 is 24.7 Å². The predicted octanol–water partition coefficient (Wildman–Crippen LogP) is 1.73. The number of hydrogen-bond donors (Lipinski definition) is 2. The standard InChI is InChI=1S/C17H32N6O2S.HI/c1-14-21-22-15(23(14)2)12-19-16(18-8-5-11-26-4)20-13-17(24-3)6-9-25-10-7-17;/h5-13H2,1-4H3,(H2,18,19,20);1H. The van der Waals surface area contributed by atoms with E-state index < -0.39 is 0 Å². The van der Waals surface area contributed by atoms with Gasteiger partial charge in [-0.3, -0.25) is 0 Å². The Morgan fingerprint density at radius 1 is 1.33 bits per heavy atom. The lowest BCUT2D eigenvalue weighted by molar-refractivity contribution is -0.0855. The first-order valence-electron chi connectivity index (χ1n) is 9.09. The molecule has 2 N–H and O–H groups in total. The van der Waals surface area contributed by atoms with Crippen LogP contribution in [0.15, 0.2) is 4.99 Å². The molecule has 10 heteroatoms. The number of aromatic nitrogens is 3. The van der Waals surface area contributed by atoms with Crippen LogP contribution in [0, 0.1) is 6.92 Å². The van der Waals surface area contributed by atoms with Gasteiger partial charge >= 0.3 is 0 Å². The highest BCUT2D eigenvalue weighted by atomic mass is 127. The topological polar surface area (TPSA) is 85.6 Å². The minimum absolute atomic E-state index is 0. The Kier molecular flexibility index (Phi) is 11.6. The van der Waals surface area contributed by atoms with Gasteiger partial charge in [0.1, 0.15) is 12.4 Å². The number of aliphatic imine (C=N–C) groups is 1. The SMILES string of the molecule is COC1(CNC(=NCc2nnc(C)n2C)NCCCSC)CCOCC1.I. The third kappa shape index (κ3) is 7.74. The molecule has 0 amide bonds. The van der Waals surface area contributed by atoms with Crippen LogP contribution in [0.5, 0.6) is 0 Å². The van der Waals surface area contributed by atoms with E-state index in [-0.39, 0.29) is 29.6 Å². The van der Waals surface area contributed by atoms with Gasteiger partial charge in [-0.1, -0.05) is 0 Å². The third-order valence-electron chi connectivity index (χ3n) is 4.79. The summed E-state index contributed by atoms with van der Waals surface area (Å²) in [4.78, 5) is 4.69. The average Bonchev–Trinajstić information content (AvgIpc) is 2.99. The van der Waals surface area contributed by atoms with Gasteiger partial charge in [-0.25, -0.2) is 4.99 Å². The van der Waals surface area contributed by atoms with Crippen molar-refractivity contribution in [1.82, 2.24) is 25.4 Å². The summed E-state index contributed by atoms with van der Waals surface area (Å²) in [6.07, 6.45) is 4.99. The molecule has 0 spiro atoms. The summed E-state index contributed by atoms with van der Waals surface area (Å²) in [5, 5.41) is 15.1. The lowest BCUT2D eigenvalue weighted by Crippen LogP contribution is -2.51. The number of guanidine groups is 1. The molecule has 0 unspecified atom stereocenters. The number of hydrogen-bond acceptors (Lipinski definition) is 6. The van der Waals surface area contributed by atoms with Gasteiger partial charge in [0.15, 0.2) is 11.8 Å². The molecule has 0 radical (unpaired) electrons. The monoisotopic (exact) mass is 512 g/mol. The Balaban J connectivity index is 0.00000364. The fraction of sp³-hybridized carbons (Fsp3) is 0.824. The van der Waals surface area contributed by atoms with Crippen LogP contribution in [0.3, 0.4) is 0 Å². The summed E-state index contributed by atoms with van der Waals surface area (Å²) < 4.78 is 13.2. The van der Waals surface area contributed by atoms with E-state index in [1.165, 1.54) is 0 Å². The number of nitrogens with one attached hydrogen (secondary N) is 2. The van der Waals surface area contributed by atoms with Crippen molar-refractivity contribution in [2.75, 3.05) is 45.4 Å². The van der Waals surface area contributed by atoms with E-state index in [0.29, 0.717) is 13.1 Å². The smallest absolute Gasteiger partial charge is 0.191 e. The minimum atomic E-state index is -0.193. The van der Waals surface area contributed by atoms with Crippen LogP contribution in [0.1, 0.15) is 30.9 Å². The summed E-state index contributed by atoms with van der Waals surface area (Å²) in [7, 11) is 3.74. The van der Waals surface area contributed by atoms with Crippen molar-refractivity contribution in [3.8, 4) is 0 Å². The van der Waals surface area contributed by atoms with Gasteiger partial charge in [0.25, 0.3) is 0 Å². The van der Waals surface area contributed by atoms with Gasteiger partial charge in [0.05, 0.1) is 5.60 Å². The molecular weight excluding hydrogens is 479 g/mol. The van der Waals surface area contributed by atoms with E-state index in [0.717, 1.165) is 62.4 Å². The molecule has 1 aliphatic rings. The van der Waals surface area contributed by atoms with Crippen molar-refractivity contribution in [3.05, 3.63) is 11.6 Å². The number of aryl methyl sites for hydroxylation is 1. The fourth-order valence-electron chi connectivity index (χ4n) is 2.78. The van der Waals surface area contributed by atoms with Crippen molar-refractivity contribution >= 4 is 41.7 Å². The molecule has 8 nitrogen and oxygen atoms in total. The third-order valence-corrected chi connectivity index (χ3v) is 5.49. The molecule has 2 rings (SSSR count). The Hall–Kier alpha value is -0.590. The highest BCUT2D eigenvalue weighted by molar-refractivity contribution is 14.0. The van der Waals surface area contributed by atoms with E-state index in [2.05, 4.69) is 27.1 Å². The second-order valence-corrected chi connectivity index (χ2v) is 7.50. The molecule has 0 aliphatic carbocycles. The van der Waals surface area contributed by atoms with Crippen molar-refractivity contribution in [2.45, 2.75) is 38.3 Å². The van der Waals surface area contributed by atoms with Crippen LogP contribution in [-0.2, 0) is 23.1 Å². The molecule has 27 heavy (non-hydrogen) atoms. The van der Waals surface area contributed by atoms with E-state index in [1.54, 1.807) is 7.11 Å². The lowest BCUT2D eigenvalue weighted by atomic mass is 9.94. The van der Waals surface area contributed by atoms with Gasteiger partial charge in [-0.2, -0.15) is 11.8 Å². The molecule has 0 aromatic carbocycles. The van der Waals surface area contributed by atoms with Crippen LogP contribution in [-0.4, -0.2) is 71.7 Å². The molecule has 0 bridgehead atoms. The fourth-order valence-corrected chi connectivity index (χ4v) is 3.21. The summed E-state index contributed by atoms with van der Waals surface area (Å²) in [6.45, 7) is 5.49. The quantitative estimate of drug-likeness (QED) is 0.226. The first-order valence-corrected chi connectivity index (χ1v) is 10.5. The summed E-state index contributed by atoms with van der Waals surface area (Å²) in [5.74, 6) is 3.65. The van der Waals surface area contributed by atoms with E-state index in [9.17, 15) is 0 Å². The van der Waals surface area contributed by atoms with Crippen molar-refractivity contribution in [2.24, 2.45) is 12.0 Å². The zero-order chi connectivity index (χ0) is 18.8. The van der Waals surface area contributed by atoms with Crippen LogP contribution in [0.2, 0.25) is 0 Å². The Morgan fingerprint density at radius 2 is 2.07 bits per heavy atom. The van der Waals surface area contributed by atoms with E-state index in [4.69, 9.17) is 14.5 Å². The van der Waals surface area contributed by atoms with Crippen molar-refractivity contribution in [3.63, 3.8) is 0 Å². The zero-order valence-corrected chi connectivity index (χ0v) is 19.9. The summed E-state index contributed by atoms with van der Waals surface area (Å²) in [6, 6.07) is 0. The second-order valence-electron chi connectivity index (χ2n) is 6.51. The number of halogens is 1. The number of methoxy groups -OCH3 is 1. The molecule has 1 aromatic rings. The van der Waals surface area contributed by atoms with E-state index >= 15 is 0 Å². The predicted molar refractivity (Wildman–Crippen MR) is 121 cm³/mol.